The minimum atomic E-state index is -3.76. The van der Waals surface area contributed by atoms with E-state index in [0.717, 1.165) is 15.3 Å². The number of nitrogens with zero attached hydrogens (tertiary/aromatic N) is 4. The highest BCUT2D eigenvalue weighted by Crippen LogP contribution is 2.33. The number of hydrogen-bond acceptors (Lipinski definition) is 7. The van der Waals surface area contributed by atoms with Gasteiger partial charge in [0.15, 0.2) is 5.13 Å². The number of hydrogen-bond donors (Lipinski definition) is 0. The van der Waals surface area contributed by atoms with Crippen LogP contribution in [0.1, 0.15) is 12.8 Å². The van der Waals surface area contributed by atoms with Crippen molar-refractivity contribution in [1.29, 1.82) is 0 Å². The quantitative estimate of drug-likeness (QED) is 0.456. The fraction of sp³-hybridized carbons (Fsp3) is 0.391. The third-order valence-electron chi connectivity index (χ3n) is 6.36. The third-order valence-corrected chi connectivity index (χ3v) is 10.3. The Kier molecular flexibility index (Phi) is 6.78. The Morgan fingerprint density at radius 3 is 2.53 bits per heavy atom. The van der Waals surface area contributed by atoms with Gasteiger partial charge in [-0.3, -0.25) is 4.79 Å². The molecule has 0 bridgehead atoms. The summed E-state index contributed by atoms with van der Waals surface area (Å²) in [6.45, 7) is 2.81. The molecule has 5 rings (SSSR count). The molecule has 7 nitrogen and oxygen atoms in total. The number of thioether (sulfide) groups is 1. The number of anilines is 1. The summed E-state index contributed by atoms with van der Waals surface area (Å²) in [5.41, 5.74) is 0.991. The number of thiazole rings is 1. The summed E-state index contributed by atoms with van der Waals surface area (Å²) in [6.07, 6.45) is 3.28. The van der Waals surface area contributed by atoms with Crippen molar-refractivity contribution < 1.29 is 13.2 Å². The molecule has 2 fully saturated rings. The molecule has 11 heteroatoms. The van der Waals surface area contributed by atoms with Crippen molar-refractivity contribution in [3.8, 4) is 0 Å². The molecule has 180 valence electrons. The molecule has 1 unspecified atom stereocenters. The summed E-state index contributed by atoms with van der Waals surface area (Å²) in [7, 11) is -3.76. The second-order valence-corrected chi connectivity index (χ2v) is 12.6. The SMILES string of the molecule is CSc1ccc2nc(N3CCN(C(=O)C4CCCN4S(=O)(=O)c4ccc(Cl)cc4)CC3)sc2c1. The van der Waals surface area contributed by atoms with Gasteiger partial charge in [0.05, 0.1) is 15.1 Å². The number of carbonyl (C=O) groups is 1. The Labute approximate surface area is 212 Å². The van der Waals surface area contributed by atoms with E-state index in [0.29, 0.717) is 50.6 Å². The number of carbonyl (C=O) groups excluding carboxylic acids is 1. The van der Waals surface area contributed by atoms with E-state index in [-0.39, 0.29) is 10.8 Å². The summed E-state index contributed by atoms with van der Waals surface area (Å²) in [6, 6.07) is 11.8. The van der Waals surface area contributed by atoms with Crippen LogP contribution in [0.3, 0.4) is 0 Å². The molecule has 1 aromatic heterocycles. The predicted octanol–water partition coefficient (Wildman–Crippen LogP) is 4.17. The van der Waals surface area contributed by atoms with E-state index in [1.165, 1.54) is 21.3 Å². The van der Waals surface area contributed by atoms with Crippen LogP contribution in [0.25, 0.3) is 10.2 Å². The molecule has 2 aliphatic heterocycles. The number of aromatic nitrogens is 1. The van der Waals surface area contributed by atoms with Crippen LogP contribution >= 0.6 is 34.7 Å². The zero-order valence-corrected chi connectivity index (χ0v) is 21.9. The van der Waals surface area contributed by atoms with E-state index < -0.39 is 16.1 Å². The van der Waals surface area contributed by atoms with Gasteiger partial charge in [-0.25, -0.2) is 13.4 Å². The van der Waals surface area contributed by atoms with Crippen LogP contribution in [-0.4, -0.2) is 73.5 Å². The van der Waals surface area contributed by atoms with Gasteiger partial charge in [-0.2, -0.15) is 4.31 Å². The highest BCUT2D eigenvalue weighted by atomic mass is 35.5. The highest BCUT2D eigenvalue weighted by Gasteiger charge is 2.41. The molecule has 0 radical (unpaired) electrons. The molecule has 34 heavy (non-hydrogen) atoms. The number of halogens is 1. The van der Waals surface area contributed by atoms with Gasteiger partial charge in [0, 0.05) is 42.6 Å². The summed E-state index contributed by atoms with van der Waals surface area (Å²) < 4.78 is 28.9. The molecule has 0 N–H and O–H groups in total. The van der Waals surface area contributed by atoms with E-state index in [4.69, 9.17) is 16.6 Å². The van der Waals surface area contributed by atoms with Crippen LogP contribution in [-0.2, 0) is 14.8 Å². The van der Waals surface area contributed by atoms with Crippen molar-refractivity contribution in [2.45, 2.75) is 28.7 Å². The Balaban J connectivity index is 1.26. The lowest BCUT2D eigenvalue weighted by Gasteiger charge is -2.37. The predicted molar refractivity (Wildman–Crippen MR) is 139 cm³/mol. The molecular formula is C23H25ClN4O3S3. The minimum absolute atomic E-state index is 0.108. The number of amides is 1. The Bertz CT molecular complexity index is 1300. The lowest BCUT2D eigenvalue weighted by atomic mass is 10.2. The van der Waals surface area contributed by atoms with Gasteiger partial charge in [0.1, 0.15) is 6.04 Å². The first-order valence-corrected chi connectivity index (χ1v) is 15.0. The first-order valence-electron chi connectivity index (χ1n) is 11.1. The van der Waals surface area contributed by atoms with Crippen LogP contribution in [0.4, 0.5) is 5.13 Å². The molecule has 2 aromatic carbocycles. The minimum Gasteiger partial charge on any atom is -0.345 e. The average molecular weight is 537 g/mol. The maximum atomic E-state index is 13.4. The first kappa shape index (κ1) is 23.9. The summed E-state index contributed by atoms with van der Waals surface area (Å²) in [5, 5.41) is 1.44. The topological polar surface area (TPSA) is 73.8 Å². The van der Waals surface area contributed by atoms with Gasteiger partial charge >= 0.3 is 0 Å². The first-order chi connectivity index (χ1) is 16.4. The van der Waals surface area contributed by atoms with Gasteiger partial charge in [0.25, 0.3) is 0 Å². The lowest BCUT2D eigenvalue weighted by Crippen LogP contribution is -2.54. The standard InChI is InChI=1S/C23H25ClN4O3S3/c1-32-17-6-9-19-21(15-17)33-23(25-19)27-13-11-26(12-14-27)22(29)20-3-2-10-28(20)34(30,31)18-7-4-16(24)5-8-18/h4-9,15,20H,2-3,10-14H2,1H3. The Hall–Kier alpha value is -1.85. The molecule has 1 atom stereocenters. The number of piperazine rings is 1. The maximum Gasteiger partial charge on any atom is 0.243 e. The van der Waals surface area contributed by atoms with E-state index in [2.05, 4.69) is 29.4 Å². The van der Waals surface area contributed by atoms with Crippen molar-refractivity contribution in [3.05, 3.63) is 47.5 Å². The molecule has 0 saturated carbocycles. The number of sulfonamides is 1. The second-order valence-electron chi connectivity index (χ2n) is 8.37. The highest BCUT2D eigenvalue weighted by molar-refractivity contribution is 7.98. The summed E-state index contributed by atoms with van der Waals surface area (Å²) in [5.74, 6) is -0.108. The third kappa shape index (κ3) is 4.54. The normalized spacial score (nSPS) is 19.8. The van der Waals surface area contributed by atoms with Crippen molar-refractivity contribution in [2.24, 2.45) is 0 Å². The van der Waals surface area contributed by atoms with E-state index >= 15 is 0 Å². The van der Waals surface area contributed by atoms with Crippen molar-refractivity contribution in [1.82, 2.24) is 14.2 Å². The van der Waals surface area contributed by atoms with Crippen molar-refractivity contribution in [2.75, 3.05) is 43.9 Å². The van der Waals surface area contributed by atoms with E-state index in [9.17, 15) is 13.2 Å². The zero-order valence-electron chi connectivity index (χ0n) is 18.7. The Morgan fingerprint density at radius 2 is 1.82 bits per heavy atom. The smallest absolute Gasteiger partial charge is 0.243 e. The molecule has 0 spiro atoms. The molecule has 1 amide bonds. The fourth-order valence-corrected chi connectivity index (χ4v) is 7.85. The van der Waals surface area contributed by atoms with Gasteiger partial charge in [0.2, 0.25) is 15.9 Å². The average Bonchev–Trinajstić information content (AvgIpc) is 3.51. The molecule has 0 aliphatic carbocycles. The number of fused-ring (bicyclic) bond motifs is 1. The molecule has 2 saturated heterocycles. The van der Waals surface area contributed by atoms with Gasteiger partial charge in [-0.05, 0) is 61.6 Å². The largest absolute Gasteiger partial charge is 0.345 e. The zero-order chi connectivity index (χ0) is 23.9. The van der Waals surface area contributed by atoms with Gasteiger partial charge in [-0.15, -0.1) is 11.8 Å². The monoisotopic (exact) mass is 536 g/mol. The lowest BCUT2D eigenvalue weighted by molar-refractivity contribution is -0.134. The maximum absolute atomic E-state index is 13.4. The molecule has 2 aliphatic rings. The van der Waals surface area contributed by atoms with Crippen LogP contribution in [0, 0.1) is 0 Å². The van der Waals surface area contributed by atoms with Crippen LogP contribution < -0.4 is 4.90 Å². The fourth-order valence-electron chi connectivity index (χ4n) is 4.50. The molecule has 3 heterocycles. The van der Waals surface area contributed by atoms with Crippen LogP contribution in [0.2, 0.25) is 5.02 Å². The molecular weight excluding hydrogens is 512 g/mol. The van der Waals surface area contributed by atoms with Crippen molar-refractivity contribution >= 4 is 66.0 Å². The van der Waals surface area contributed by atoms with Crippen molar-refractivity contribution in [3.63, 3.8) is 0 Å². The second kappa shape index (κ2) is 9.66. The van der Waals surface area contributed by atoms with Gasteiger partial charge < -0.3 is 9.80 Å². The number of benzene rings is 2. The van der Waals surface area contributed by atoms with E-state index in [1.807, 2.05) is 0 Å². The van der Waals surface area contributed by atoms with Gasteiger partial charge in [-0.1, -0.05) is 22.9 Å². The molecule has 3 aromatic rings. The van der Waals surface area contributed by atoms with Crippen LogP contribution in [0.15, 0.2) is 52.3 Å². The van der Waals surface area contributed by atoms with E-state index in [1.54, 1.807) is 40.1 Å². The summed E-state index contributed by atoms with van der Waals surface area (Å²) in [4.78, 5) is 23.5. The number of rotatable bonds is 5. The Morgan fingerprint density at radius 1 is 1.09 bits per heavy atom. The van der Waals surface area contributed by atoms with Crippen LogP contribution in [0.5, 0.6) is 0 Å². The summed E-state index contributed by atoms with van der Waals surface area (Å²) >= 11 is 9.30.